The lowest BCUT2D eigenvalue weighted by Gasteiger charge is -2.19. The third-order valence-corrected chi connectivity index (χ3v) is 2.46. The van der Waals surface area contributed by atoms with Gasteiger partial charge in [0.15, 0.2) is 0 Å². The van der Waals surface area contributed by atoms with Crippen molar-refractivity contribution in [1.29, 1.82) is 0 Å². The highest BCUT2D eigenvalue weighted by molar-refractivity contribution is 4.82. The van der Waals surface area contributed by atoms with Gasteiger partial charge < -0.3 is 5.11 Å². The Labute approximate surface area is 57.1 Å². The predicted octanol–water partition coefficient (Wildman–Crippen LogP) is 1.80. The van der Waals surface area contributed by atoms with Crippen molar-refractivity contribution >= 4 is 0 Å². The Kier molecular flexibility index (Phi) is 1.80. The van der Waals surface area contributed by atoms with Crippen LogP contribution in [0.1, 0.15) is 33.1 Å². The van der Waals surface area contributed by atoms with Crippen LogP contribution < -0.4 is 0 Å². The molecule has 0 heterocycles. The van der Waals surface area contributed by atoms with Crippen molar-refractivity contribution in [2.24, 2.45) is 11.3 Å². The predicted molar refractivity (Wildman–Crippen MR) is 38.2 cm³/mol. The van der Waals surface area contributed by atoms with Crippen molar-refractivity contribution in [3.63, 3.8) is 0 Å². The summed E-state index contributed by atoms with van der Waals surface area (Å²) in [6.45, 7) is 4.81. The van der Waals surface area contributed by atoms with Gasteiger partial charge in [-0.3, -0.25) is 0 Å². The van der Waals surface area contributed by atoms with Crippen molar-refractivity contribution in [3.8, 4) is 0 Å². The Morgan fingerprint density at radius 2 is 2.33 bits per heavy atom. The van der Waals surface area contributed by atoms with E-state index in [0.717, 1.165) is 5.92 Å². The highest BCUT2D eigenvalue weighted by Crippen LogP contribution is 2.40. The van der Waals surface area contributed by atoms with E-state index in [-0.39, 0.29) is 5.41 Å². The van der Waals surface area contributed by atoms with Crippen LogP contribution in [0.15, 0.2) is 0 Å². The lowest BCUT2D eigenvalue weighted by Crippen LogP contribution is -2.16. The summed E-state index contributed by atoms with van der Waals surface area (Å²) in [7, 11) is 0. The second-order valence-electron chi connectivity index (χ2n) is 3.82. The maximum Gasteiger partial charge on any atom is 0.0484 e. The fraction of sp³-hybridized carbons (Fsp3) is 1.00. The minimum absolute atomic E-state index is 0.263. The molecular formula is C8H16O. The zero-order valence-electron chi connectivity index (χ0n) is 6.35. The fourth-order valence-electron chi connectivity index (χ4n) is 1.78. The minimum atomic E-state index is 0.263. The van der Waals surface area contributed by atoms with Gasteiger partial charge in [0.25, 0.3) is 0 Å². The molecule has 0 bridgehead atoms. The van der Waals surface area contributed by atoms with Crippen LogP contribution in [-0.2, 0) is 0 Å². The second-order valence-corrected chi connectivity index (χ2v) is 3.82. The number of aliphatic hydroxyl groups is 1. The molecule has 0 aromatic carbocycles. The first-order valence-electron chi connectivity index (χ1n) is 3.77. The lowest BCUT2D eigenvalue weighted by atomic mass is 9.89. The normalized spacial score (nSPS) is 43.7. The summed E-state index contributed by atoms with van der Waals surface area (Å²) in [5.41, 5.74) is 0.263. The van der Waals surface area contributed by atoms with E-state index in [1.165, 1.54) is 19.3 Å². The molecule has 1 aliphatic carbocycles. The Bertz CT molecular complexity index is 101. The van der Waals surface area contributed by atoms with Crippen molar-refractivity contribution in [2.45, 2.75) is 33.1 Å². The van der Waals surface area contributed by atoms with Crippen molar-refractivity contribution in [3.05, 3.63) is 0 Å². The molecule has 1 N–H and O–H groups in total. The van der Waals surface area contributed by atoms with Gasteiger partial charge in [0.2, 0.25) is 0 Å². The van der Waals surface area contributed by atoms with E-state index in [2.05, 4.69) is 13.8 Å². The van der Waals surface area contributed by atoms with Crippen LogP contribution in [0, 0.1) is 11.3 Å². The van der Waals surface area contributed by atoms with Gasteiger partial charge in [0, 0.05) is 6.61 Å². The van der Waals surface area contributed by atoms with Gasteiger partial charge in [-0.2, -0.15) is 0 Å². The van der Waals surface area contributed by atoms with Crippen molar-refractivity contribution in [1.82, 2.24) is 0 Å². The van der Waals surface area contributed by atoms with E-state index in [4.69, 9.17) is 5.11 Å². The van der Waals surface area contributed by atoms with E-state index in [1.807, 2.05) is 0 Å². The summed E-state index contributed by atoms with van der Waals surface area (Å²) in [6.07, 6.45) is 3.73. The van der Waals surface area contributed by atoms with Gasteiger partial charge in [-0.15, -0.1) is 0 Å². The van der Waals surface area contributed by atoms with Gasteiger partial charge in [-0.1, -0.05) is 20.3 Å². The van der Waals surface area contributed by atoms with Crippen LogP contribution in [0.5, 0.6) is 0 Å². The molecule has 1 fully saturated rings. The topological polar surface area (TPSA) is 20.2 Å². The van der Waals surface area contributed by atoms with Crippen molar-refractivity contribution in [2.75, 3.05) is 6.61 Å². The monoisotopic (exact) mass is 128 g/mol. The molecule has 1 aliphatic rings. The van der Waals surface area contributed by atoms with Crippen LogP contribution in [0.4, 0.5) is 0 Å². The van der Waals surface area contributed by atoms with E-state index < -0.39 is 0 Å². The molecule has 0 aromatic heterocycles. The minimum Gasteiger partial charge on any atom is -0.396 e. The van der Waals surface area contributed by atoms with Crippen molar-refractivity contribution < 1.29 is 5.11 Å². The highest BCUT2D eigenvalue weighted by Gasteiger charge is 2.31. The quantitative estimate of drug-likeness (QED) is 0.571. The molecule has 0 spiro atoms. The maximum atomic E-state index is 8.94. The Hall–Kier alpha value is -0.0400. The molecule has 0 amide bonds. The summed E-state index contributed by atoms with van der Waals surface area (Å²) < 4.78 is 0. The third kappa shape index (κ3) is 1.45. The van der Waals surface area contributed by atoms with Gasteiger partial charge in [0.05, 0.1) is 0 Å². The number of aliphatic hydroxyl groups excluding tert-OH is 1. The average molecular weight is 128 g/mol. The fourth-order valence-corrected chi connectivity index (χ4v) is 1.78. The molecule has 54 valence electrons. The molecule has 2 atom stereocenters. The molecular weight excluding hydrogens is 112 g/mol. The largest absolute Gasteiger partial charge is 0.396 e. The molecule has 0 aromatic rings. The number of hydrogen-bond donors (Lipinski definition) is 1. The zero-order chi connectivity index (χ0) is 6.91. The number of hydrogen-bond acceptors (Lipinski definition) is 1. The molecule has 1 rings (SSSR count). The first-order valence-corrected chi connectivity index (χ1v) is 3.77. The summed E-state index contributed by atoms with van der Waals surface area (Å²) in [5, 5.41) is 8.94. The highest BCUT2D eigenvalue weighted by atomic mass is 16.3. The molecule has 0 radical (unpaired) electrons. The maximum absolute atomic E-state index is 8.94. The zero-order valence-corrected chi connectivity index (χ0v) is 6.35. The second kappa shape index (κ2) is 2.30. The van der Waals surface area contributed by atoms with Gasteiger partial charge in [-0.05, 0) is 24.2 Å². The van der Waals surface area contributed by atoms with Crippen LogP contribution in [-0.4, -0.2) is 11.7 Å². The Balaban J connectivity index is 2.45. The molecule has 0 aliphatic heterocycles. The van der Waals surface area contributed by atoms with Gasteiger partial charge >= 0.3 is 0 Å². The number of rotatable bonds is 1. The van der Waals surface area contributed by atoms with Gasteiger partial charge in [-0.25, -0.2) is 0 Å². The van der Waals surface area contributed by atoms with E-state index >= 15 is 0 Å². The summed E-state index contributed by atoms with van der Waals surface area (Å²) in [4.78, 5) is 0. The summed E-state index contributed by atoms with van der Waals surface area (Å²) in [6, 6.07) is 0. The van der Waals surface area contributed by atoms with Crippen LogP contribution >= 0.6 is 0 Å². The van der Waals surface area contributed by atoms with Gasteiger partial charge in [0.1, 0.15) is 0 Å². The Morgan fingerprint density at radius 1 is 1.67 bits per heavy atom. The third-order valence-electron chi connectivity index (χ3n) is 2.46. The van der Waals surface area contributed by atoms with E-state index in [1.54, 1.807) is 0 Å². The summed E-state index contributed by atoms with van der Waals surface area (Å²) in [5.74, 6) is 0.835. The van der Waals surface area contributed by atoms with E-state index in [0.29, 0.717) is 6.61 Å². The summed E-state index contributed by atoms with van der Waals surface area (Å²) >= 11 is 0. The standard InChI is InChI=1S/C8H16O/c1-7-3-4-8(2,5-7)6-9/h7,9H,3-6H2,1-2H3/t7-,8-/m1/s1. The average Bonchev–Trinajstić information content (AvgIpc) is 2.13. The molecule has 1 heteroatoms. The van der Waals surface area contributed by atoms with E-state index in [9.17, 15) is 0 Å². The molecule has 0 unspecified atom stereocenters. The van der Waals surface area contributed by atoms with Crippen LogP contribution in [0.25, 0.3) is 0 Å². The molecule has 1 nitrogen and oxygen atoms in total. The SMILES string of the molecule is C[C@@H]1CC[C@@](C)(CO)C1. The Morgan fingerprint density at radius 3 is 2.56 bits per heavy atom. The smallest absolute Gasteiger partial charge is 0.0484 e. The lowest BCUT2D eigenvalue weighted by molar-refractivity contribution is 0.145. The van der Waals surface area contributed by atoms with Crippen LogP contribution in [0.3, 0.4) is 0 Å². The molecule has 1 saturated carbocycles. The first kappa shape index (κ1) is 7.07. The molecule has 0 saturated heterocycles. The van der Waals surface area contributed by atoms with Crippen LogP contribution in [0.2, 0.25) is 0 Å². The molecule has 9 heavy (non-hydrogen) atoms. The first-order chi connectivity index (χ1) is 4.16.